The number of ether oxygens (including phenoxy) is 3. The van der Waals surface area contributed by atoms with E-state index in [9.17, 15) is 5.11 Å². The number of rotatable bonds is 8. The molecule has 0 radical (unpaired) electrons. The Bertz CT molecular complexity index is 864. The average molecular weight is 487 g/mol. The highest BCUT2D eigenvalue weighted by Gasteiger charge is 2.35. The predicted octanol–water partition coefficient (Wildman–Crippen LogP) is 9.11. The van der Waals surface area contributed by atoms with E-state index in [0.29, 0.717) is 11.5 Å². The summed E-state index contributed by atoms with van der Waals surface area (Å²) in [5.41, 5.74) is 2.15. The molecule has 1 heterocycles. The first kappa shape index (κ1) is 30.7. The summed E-state index contributed by atoms with van der Waals surface area (Å²) >= 11 is 0. The molecule has 0 spiro atoms. The normalized spacial score (nSPS) is 13.5. The van der Waals surface area contributed by atoms with Crippen LogP contribution in [0, 0.1) is 5.92 Å². The van der Waals surface area contributed by atoms with Crippen molar-refractivity contribution >= 4 is 0 Å². The fourth-order valence-corrected chi connectivity index (χ4v) is 3.89. The minimum Gasteiger partial charge on any atom is -0.504 e. The number of benzene rings is 2. The van der Waals surface area contributed by atoms with Crippen LogP contribution in [0.5, 0.6) is 23.0 Å². The van der Waals surface area contributed by atoms with E-state index in [1.165, 1.54) is 18.4 Å². The third-order valence-electron chi connectivity index (χ3n) is 5.27. The number of unbranched alkanes of at least 4 members (excludes halogenated alkanes) is 1. The van der Waals surface area contributed by atoms with Gasteiger partial charge in [0, 0.05) is 19.4 Å². The number of hydrogen-bond acceptors (Lipinski definition) is 4. The number of phenols is 1. The number of hydrogen-bond donors (Lipinski definition) is 1. The number of fused-ring (bicyclic) bond motifs is 1. The van der Waals surface area contributed by atoms with Gasteiger partial charge in [-0.15, -0.1) is 0 Å². The van der Waals surface area contributed by atoms with Crippen LogP contribution in [0.15, 0.2) is 36.4 Å². The number of para-hydroxylation sites is 1. The number of aryl methyl sites for hydroxylation is 1. The van der Waals surface area contributed by atoms with Gasteiger partial charge in [0.1, 0.15) is 11.4 Å². The van der Waals surface area contributed by atoms with Crippen molar-refractivity contribution in [2.24, 2.45) is 5.92 Å². The molecule has 2 aromatic carbocycles. The Hall–Kier alpha value is -2.36. The highest BCUT2D eigenvalue weighted by Crippen LogP contribution is 2.49. The molecule has 0 fully saturated rings. The highest BCUT2D eigenvalue weighted by molar-refractivity contribution is 5.60. The molecule has 198 valence electrons. The van der Waals surface area contributed by atoms with Gasteiger partial charge in [0.2, 0.25) is 11.5 Å². The van der Waals surface area contributed by atoms with Crippen molar-refractivity contribution in [2.45, 2.75) is 119 Å². The molecule has 0 amide bonds. The molecule has 0 saturated heterocycles. The first-order valence-corrected chi connectivity index (χ1v) is 13.4. The summed E-state index contributed by atoms with van der Waals surface area (Å²) in [6, 6.07) is 11.9. The zero-order chi connectivity index (χ0) is 26.6. The minimum absolute atomic E-state index is 0.0959. The average Bonchev–Trinajstić information content (AvgIpc) is 3.09. The third kappa shape index (κ3) is 10.8. The van der Waals surface area contributed by atoms with Crippen molar-refractivity contribution in [3.8, 4) is 23.0 Å². The largest absolute Gasteiger partial charge is 0.504 e. The van der Waals surface area contributed by atoms with E-state index in [0.717, 1.165) is 42.9 Å². The summed E-state index contributed by atoms with van der Waals surface area (Å²) in [7, 11) is 0. The van der Waals surface area contributed by atoms with Gasteiger partial charge >= 0.3 is 0 Å². The third-order valence-corrected chi connectivity index (χ3v) is 5.27. The van der Waals surface area contributed by atoms with Gasteiger partial charge in [-0.25, -0.2) is 0 Å². The van der Waals surface area contributed by atoms with Crippen molar-refractivity contribution in [3.05, 3.63) is 47.5 Å². The van der Waals surface area contributed by atoms with E-state index in [-0.39, 0.29) is 11.4 Å². The SMILES string of the molecule is CC.CC(C)(C)Oc1ccccc1.CCCc1cc2c(c(O)c1CCCCC(C)C)OC(C)(C)O2. The van der Waals surface area contributed by atoms with Gasteiger partial charge in [0.25, 0.3) is 0 Å². The Kier molecular flexibility index (Phi) is 12.5. The quantitative estimate of drug-likeness (QED) is 0.378. The topological polar surface area (TPSA) is 47.9 Å². The highest BCUT2D eigenvalue weighted by atomic mass is 16.7. The number of aromatic hydroxyl groups is 1. The standard InChI is InChI=1S/C19H30O3.C10H14O.C2H6/c1-6-9-14-12-16-18(22-19(4,5)21-16)17(20)15(14)11-8-7-10-13(2)3;1-10(2,3)11-9-7-5-4-6-8-9;1-2/h12-13,20H,6-11H2,1-5H3;4-8H,1-3H3;1-2H3. The van der Waals surface area contributed by atoms with Crippen molar-refractivity contribution in [1.29, 1.82) is 0 Å². The Morgan fingerprint density at radius 2 is 1.60 bits per heavy atom. The van der Waals surface area contributed by atoms with Gasteiger partial charge < -0.3 is 19.3 Å². The van der Waals surface area contributed by atoms with Gasteiger partial charge in [-0.2, -0.15) is 0 Å². The van der Waals surface area contributed by atoms with E-state index >= 15 is 0 Å². The van der Waals surface area contributed by atoms with E-state index in [2.05, 4.69) is 26.8 Å². The second-order valence-corrected chi connectivity index (χ2v) is 10.7. The first-order valence-electron chi connectivity index (χ1n) is 13.4. The molecule has 0 atom stereocenters. The van der Waals surface area contributed by atoms with Crippen LogP contribution in [-0.4, -0.2) is 16.5 Å². The zero-order valence-electron chi connectivity index (χ0n) is 24.0. The lowest BCUT2D eigenvalue weighted by Crippen LogP contribution is -2.29. The van der Waals surface area contributed by atoms with Gasteiger partial charge in [0.05, 0.1) is 0 Å². The molecule has 0 bridgehead atoms. The Morgan fingerprint density at radius 1 is 0.971 bits per heavy atom. The lowest BCUT2D eigenvalue weighted by molar-refractivity contribution is -0.0440. The molecular weight excluding hydrogens is 436 g/mol. The molecule has 1 N–H and O–H groups in total. The monoisotopic (exact) mass is 486 g/mol. The predicted molar refractivity (Wildman–Crippen MR) is 148 cm³/mol. The molecule has 0 saturated carbocycles. The second kappa shape index (κ2) is 14.3. The van der Waals surface area contributed by atoms with Crippen molar-refractivity contribution in [3.63, 3.8) is 0 Å². The summed E-state index contributed by atoms with van der Waals surface area (Å²) in [6.45, 7) is 20.5. The molecular formula is C31H50O4. The fourth-order valence-electron chi connectivity index (χ4n) is 3.89. The van der Waals surface area contributed by atoms with E-state index < -0.39 is 5.79 Å². The van der Waals surface area contributed by atoms with E-state index in [1.807, 2.05) is 78.8 Å². The van der Waals surface area contributed by atoms with Gasteiger partial charge in [-0.1, -0.05) is 72.1 Å². The summed E-state index contributed by atoms with van der Waals surface area (Å²) in [6.07, 6.45) is 6.46. The lowest BCUT2D eigenvalue weighted by Gasteiger charge is -2.20. The molecule has 0 unspecified atom stereocenters. The van der Waals surface area contributed by atoms with Crippen LogP contribution >= 0.6 is 0 Å². The Labute approximate surface area is 215 Å². The van der Waals surface area contributed by atoms with Crippen molar-refractivity contribution in [2.75, 3.05) is 0 Å². The molecule has 4 nitrogen and oxygen atoms in total. The molecule has 0 aliphatic carbocycles. The Morgan fingerprint density at radius 3 is 2.14 bits per heavy atom. The molecule has 3 rings (SSSR count). The van der Waals surface area contributed by atoms with Crippen molar-refractivity contribution < 1.29 is 19.3 Å². The Balaban J connectivity index is 0.000000395. The summed E-state index contributed by atoms with van der Waals surface area (Å²) in [4.78, 5) is 0. The number of phenolic OH excluding ortho intramolecular Hbond substituents is 1. The van der Waals surface area contributed by atoms with E-state index in [4.69, 9.17) is 14.2 Å². The maximum absolute atomic E-state index is 10.7. The van der Waals surface area contributed by atoms with Gasteiger partial charge in [-0.3, -0.25) is 0 Å². The van der Waals surface area contributed by atoms with Crippen molar-refractivity contribution in [1.82, 2.24) is 0 Å². The smallest absolute Gasteiger partial charge is 0.246 e. The van der Waals surface area contributed by atoms with Crippen LogP contribution in [0.3, 0.4) is 0 Å². The molecule has 1 aliphatic heterocycles. The molecule has 1 aliphatic rings. The van der Waals surface area contributed by atoms with Gasteiger partial charge in [-0.05, 0) is 69.7 Å². The minimum atomic E-state index is -0.695. The van der Waals surface area contributed by atoms with Crippen LogP contribution in [0.4, 0.5) is 0 Å². The summed E-state index contributed by atoms with van der Waals surface area (Å²) < 4.78 is 17.2. The molecule has 2 aromatic rings. The van der Waals surface area contributed by atoms with Crippen LogP contribution < -0.4 is 14.2 Å². The molecule has 4 heteroatoms. The molecule has 0 aromatic heterocycles. The van der Waals surface area contributed by atoms with Crippen LogP contribution in [0.25, 0.3) is 0 Å². The van der Waals surface area contributed by atoms with Crippen LogP contribution in [0.1, 0.15) is 106 Å². The summed E-state index contributed by atoms with van der Waals surface area (Å²) in [5.74, 6) is 2.46. The van der Waals surface area contributed by atoms with Gasteiger partial charge in [0.15, 0.2) is 11.5 Å². The lowest BCUT2D eigenvalue weighted by atomic mass is 9.95. The molecule has 35 heavy (non-hydrogen) atoms. The van der Waals surface area contributed by atoms with Crippen LogP contribution in [0.2, 0.25) is 0 Å². The second-order valence-electron chi connectivity index (χ2n) is 10.7. The first-order chi connectivity index (χ1) is 16.4. The fraction of sp³-hybridized carbons (Fsp3) is 0.613. The van der Waals surface area contributed by atoms with Crippen LogP contribution in [-0.2, 0) is 12.8 Å². The zero-order valence-corrected chi connectivity index (χ0v) is 24.0. The maximum atomic E-state index is 10.7. The maximum Gasteiger partial charge on any atom is 0.246 e. The van der Waals surface area contributed by atoms with E-state index in [1.54, 1.807) is 0 Å². The summed E-state index contributed by atoms with van der Waals surface area (Å²) in [5, 5.41) is 10.7.